The number of hydrogen-bond donors (Lipinski definition) is 1. The summed E-state index contributed by atoms with van der Waals surface area (Å²) in [5.41, 5.74) is 8.60. The van der Waals surface area contributed by atoms with E-state index in [-0.39, 0.29) is 0 Å². The van der Waals surface area contributed by atoms with Crippen LogP contribution < -0.4 is 5.73 Å². The molecule has 100 valence electrons. The molecule has 1 aliphatic carbocycles. The molecule has 18 heavy (non-hydrogen) atoms. The minimum absolute atomic E-state index is 0.338. The number of halogens is 1. The molecule has 2 rings (SSSR count). The summed E-state index contributed by atoms with van der Waals surface area (Å²) in [7, 11) is 2.22. The van der Waals surface area contributed by atoms with Crippen LogP contribution in [0.3, 0.4) is 0 Å². The van der Waals surface area contributed by atoms with E-state index in [0.717, 1.165) is 0 Å². The smallest absolute Gasteiger partial charge is 0.0470 e. The summed E-state index contributed by atoms with van der Waals surface area (Å²) in [6.07, 6.45) is 5.37. The minimum atomic E-state index is 0.338. The van der Waals surface area contributed by atoms with E-state index in [0.29, 0.717) is 18.6 Å². The van der Waals surface area contributed by atoms with Crippen molar-refractivity contribution in [2.45, 2.75) is 44.7 Å². The number of nitrogens with two attached hydrogens (primary N) is 1. The number of benzene rings is 1. The molecule has 1 fully saturated rings. The van der Waals surface area contributed by atoms with Gasteiger partial charge in [-0.1, -0.05) is 40.9 Å². The topological polar surface area (TPSA) is 29.3 Å². The zero-order chi connectivity index (χ0) is 13.1. The molecule has 1 saturated carbocycles. The Balaban J connectivity index is 2.18. The highest BCUT2D eigenvalue weighted by Gasteiger charge is 2.25. The summed E-state index contributed by atoms with van der Waals surface area (Å²) >= 11 is 3.62. The van der Waals surface area contributed by atoms with Gasteiger partial charge in [-0.3, -0.25) is 4.90 Å². The van der Waals surface area contributed by atoms with Crippen molar-refractivity contribution >= 4 is 15.9 Å². The van der Waals surface area contributed by atoms with E-state index in [4.69, 9.17) is 5.73 Å². The molecule has 0 spiro atoms. The van der Waals surface area contributed by atoms with Gasteiger partial charge in [0.2, 0.25) is 0 Å². The fraction of sp³-hybridized carbons (Fsp3) is 0.600. The van der Waals surface area contributed by atoms with Crippen LogP contribution in [0.1, 0.15) is 42.9 Å². The van der Waals surface area contributed by atoms with Gasteiger partial charge in [0.25, 0.3) is 0 Å². The van der Waals surface area contributed by atoms with Crippen LogP contribution in [0, 0.1) is 6.92 Å². The first-order valence-corrected chi connectivity index (χ1v) is 7.61. The van der Waals surface area contributed by atoms with Gasteiger partial charge < -0.3 is 5.73 Å². The summed E-state index contributed by atoms with van der Waals surface area (Å²) in [5.74, 6) is 0. The van der Waals surface area contributed by atoms with Crippen molar-refractivity contribution in [1.29, 1.82) is 0 Å². The van der Waals surface area contributed by atoms with E-state index in [1.54, 1.807) is 0 Å². The maximum Gasteiger partial charge on any atom is 0.0470 e. The Kier molecular flexibility index (Phi) is 4.82. The Morgan fingerprint density at radius 1 is 1.39 bits per heavy atom. The fourth-order valence-electron chi connectivity index (χ4n) is 2.92. The van der Waals surface area contributed by atoms with E-state index in [1.165, 1.54) is 41.3 Å². The lowest BCUT2D eigenvalue weighted by atomic mass is 10.0. The quantitative estimate of drug-likeness (QED) is 0.920. The Hall–Kier alpha value is -0.380. The zero-order valence-electron chi connectivity index (χ0n) is 11.3. The molecule has 0 bridgehead atoms. The van der Waals surface area contributed by atoms with Gasteiger partial charge in [0.05, 0.1) is 0 Å². The number of hydrogen-bond acceptors (Lipinski definition) is 2. The van der Waals surface area contributed by atoms with Crippen LogP contribution in [0.5, 0.6) is 0 Å². The van der Waals surface area contributed by atoms with Crippen LogP contribution in [0.25, 0.3) is 0 Å². The summed E-state index contributed by atoms with van der Waals surface area (Å²) in [4.78, 5) is 2.48. The average Bonchev–Trinajstić information content (AvgIpc) is 2.88. The summed E-state index contributed by atoms with van der Waals surface area (Å²) in [6.45, 7) is 2.80. The predicted octanol–water partition coefficient (Wildman–Crippen LogP) is 3.63. The van der Waals surface area contributed by atoms with Crippen LogP contribution in [0.4, 0.5) is 0 Å². The summed E-state index contributed by atoms with van der Waals surface area (Å²) in [6, 6.07) is 7.65. The van der Waals surface area contributed by atoms with Gasteiger partial charge in [0.1, 0.15) is 0 Å². The average molecular weight is 311 g/mol. The van der Waals surface area contributed by atoms with E-state index in [1.807, 2.05) is 0 Å². The normalized spacial score (nSPS) is 18.5. The standard InChI is InChI=1S/C15H23BrN2/c1-11-7-8-12(9-14(11)16)15(10-17)18(2)13-5-3-4-6-13/h7-9,13,15H,3-6,10,17H2,1-2H3. The molecule has 1 atom stereocenters. The van der Waals surface area contributed by atoms with Crippen LogP contribution in [0.2, 0.25) is 0 Å². The highest BCUT2D eigenvalue weighted by Crippen LogP contribution is 2.30. The molecule has 2 N–H and O–H groups in total. The first-order chi connectivity index (χ1) is 8.63. The van der Waals surface area contributed by atoms with Crippen molar-refractivity contribution in [3.63, 3.8) is 0 Å². The lowest BCUT2D eigenvalue weighted by molar-refractivity contribution is 0.179. The number of nitrogens with zero attached hydrogens (tertiary/aromatic N) is 1. The maximum atomic E-state index is 6.00. The third-order valence-corrected chi connectivity index (χ3v) is 5.05. The molecule has 0 aromatic heterocycles. The molecular formula is C15H23BrN2. The van der Waals surface area contributed by atoms with Crippen molar-refractivity contribution in [3.8, 4) is 0 Å². The first kappa shape index (κ1) is 14.0. The van der Waals surface area contributed by atoms with Gasteiger partial charge >= 0.3 is 0 Å². The van der Waals surface area contributed by atoms with Crippen LogP contribution >= 0.6 is 15.9 Å². The van der Waals surface area contributed by atoms with Crippen molar-refractivity contribution < 1.29 is 0 Å². The van der Waals surface area contributed by atoms with E-state index in [9.17, 15) is 0 Å². The van der Waals surface area contributed by atoms with Gasteiger partial charge in [-0.05, 0) is 44.0 Å². The second-order valence-electron chi connectivity index (χ2n) is 5.36. The van der Waals surface area contributed by atoms with E-state index in [2.05, 4.69) is 53.0 Å². The molecule has 3 heteroatoms. The monoisotopic (exact) mass is 310 g/mol. The van der Waals surface area contributed by atoms with Crippen molar-refractivity contribution in [2.24, 2.45) is 5.73 Å². The van der Waals surface area contributed by atoms with Crippen LogP contribution in [-0.4, -0.2) is 24.5 Å². The van der Waals surface area contributed by atoms with Crippen molar-refractivity contribution in [1.82, 2.24) is 4.90 Å². The Bertz CT molecular complexity index is 399. The molecule has 0 saturated heterocycles. The largest absolute Gasteiger partial charge is 0.329 e. The van der Waals surface area contributed by atoms with Gasteiger partial charge in [0.15, 0.2) is 0 Å². The van der Waals surface area contributed by atoms with Crippen LogP contribution in [0.15, 0.2) is 22.7 Å². The highest BCUT2D eigenvalue weighted by molar-refractivity contribution is 9.10. The molecule has 1 aromatic carbocycles. The molecule has 1 aliphatic rings. The minimum Gasteiger partial charge on any atom is -0.329 e. The van der Waals surface area contributed by atoms with Gasteiger partial charge in [0, 0.05) is 23.1 Å². The lowest BCUT2D eigenvalue weighted by Gasteiger charge is -2.32. The number of rotatable bonds is 4. The number of aryl methyl sites for hydroxylation is 1. The molecule has 1 aromatic rings. The molecule has 1 unspecified atom stereocenters. The SMILES string of the molecule is Cc1ccc(C(CN)N(C)C2CCCC2)cc1Br. The molecule has 0 amide bonds. The fourth-order valence-corrected chi connectivity index (χ4v) is 3.32. The van der Waals surface area contributed by atoms with Gasteiger partial charge in [-0.15, -0.1) is 0 Å². The second kappa shape index (κ2) is 6.18. The lowest BCUT2D eigenvalue weighted by Crippen LogP contribution is -2.37. The first-order valence-electron chi connectivity index (χ1n) is 6.81. The van der Waals surface area contributed by atoms with Gasteiger partial charge in [-0.2, -0.15) is 0 Å². The molecular weight excluding hydrogens is 288 g/mol. The Morgan fingerprint density at radius 2 is 2.06 bits per heavy atom. The summed E-state index contributed by atoms with van der Waals surface area (Å²) in [5, 5.41) is 0. The third-order valence-electron chi connectivity index (χ3n) is 4.20. The highest BCUT2D eigenvalue weighted by atomic mass is 79.9. The van der Waals surface area contributed by atoms with Crippen LogP contribution in [-0.2, 0) is 0 Å². The molecule has 2 nitrogen and oxygen atoms in total. The molecule has 0 aliphatic heterocycles. The van der Waals surface area contributed by atoms with E-state index >= 15 is 0 Å². The summed E-state index contributed by atoms with van der Waals surface area (Å²) < 4.78 is 1.18. The Morgan fingerprint density at radius 3 is 2.61 bits per heavy atom. The van der Waals surface area contributed by atoms with E-state index < -0.39 is 0 Å². The Labute approximate surface area is 119 Å². The molecule has 0 radical (unpaired) electrons. The number of likely N-dealkylation sites (N-methyl/N-ethyl adjacent to an activating group) is 1. The molecule has 0 heterocycles. The van der Waals surface area contributed by atoms with Crippen molar-refractivity contribution in [3.05, 3.63) is 33.8 Å². The zero-order valence-corrected chi connectivity index (χ0v) is 12.9. The van der Waals surface area contributed by atoms with Gasteiger partial charge in [-0.25, -0.2) is 0 Å². The third kappa shape index (κ3) is 2.95. The maximum absolute atomic E-state index is 6.00. The second-order valence-corrected chi connectivity index (χ2v) is 6.22. The predicted molar refractivity (Wildman–Crippen MR) is 80.7 cm³/mol. The van der Waals surface area contributed by atoms with Crippen molar-refractivity contribution in [2.75, 3.05) is 13.6 Å².